The number of ether oxygens (including phenoxy) is 2. The summed E-state index contributed by atoms with van der Waals surface area (Å²) in [6.07, 6.45) is 0. The van der Waals surface area contributed by atoms with E-state index in [0.29, 0.717) is 18.8 Å². The first-order valence-electron chi connectivity index (χ1n) is 8.47. The molecule has 1 aliphatic heterocycles. The molecular weight excluding hydrogens is 316 g/mol. The lowest BCUT2D eigenvalue weighted by atomic mass is 10.0. The van der Waals surface area contributed by atoms with Crippen LogP contribution in [-0.2, 0) is 4.79 Å². The minimum atomic E-state index is 0.0184. The number of benzene rings is 2. The zero-order chi connectivity index (χ0) is 17.6. The van der Waals surface area contributed by atoms with Crippen molar-refractivity contribution in [1.29, 1.82) is 0 Å². The highest BCUT2D eigenvalue weighted by molar-refractivity contribution is 5.78. The van der Waals surface area contributed by atoms with Crippen molar-refractivity contribution in [2.75, 3.05) is 40.4 Å². The molecule has 1 fully saturated rings. The molecule has 2 aromatic rings. The van der Waals surface area contributed by atoms with E-state index in [1.165, 1.54) is 0 Å². The Hall–Kier alpha value is -2.53. The van der Waals surface area contributed by atoms with Crippen molar-refractivity contribution in [2.45, 2.75) is 6.04 Å². The van der Waals surface area contributed by atoms with E-state index in [4.69, 9.17) is 9.47 Å². The van der Waals surface area contributed by atoms with E-state index in [0.717, 1.165) is 17.9 Å². The van der Waals surface area contributed by atoms with Crippen LogP contribution in [0.25, 0.3) is 0 Å². The van der Waals surface area contributed by atoms with Gasteiger partial charge in [0.1, 0.15) is 11.5 Å². The van der Waals surface area contributed by atoms with E-state index in [1.807, 2.05) is 53.4 Å². The summed E-state index contributed by atoms with van der Waals surface area (Å²) < 4.78 is 10.9. The molecular formula is C20H24N2O3. The van der Waals surface area contributed by atoms with Gasteiger partial charge < -0.3 is 14.4 Å². The zero-order valence-corrected chi connectivity index (χ0v) is 14.7. The van der Waals surface area contributed by atoms with Gasteiger partial charge in [0.05, 0.1) is 13.2 Å². The van der Waals surface area contributed by atoms with Gasteiger partial charge in [-0.15, -0.1) is 0 Å². The van der Waals surface area contributed by atoms with Gasteiger partial charge in [0.15, 0.2) is 6.61 Å². The van der Waals surface area contributed by atoms with Crippen LogP contribution in [0.4, 0.5) is 0 Å². The SMILES string of the molecule is COc1cccc(C2CN(C(=O)COc3ccccc3)CCN2C)c1. The molecule has 0 aliphatic carbocycles. The fourth-order valence-corrected chi connectivity index (χ4v) is 3.06. The Kier molecular flexibility index (Phi) is 5.56. The summed E-state index contributed by atoms with van der Waals surface area (Å²) in [6, 6.07) is 17.6. The number of carbonyl (C=O) groups is 1. The molecule has 5 nitrogen and oxygen atoms in total. The van der Waals surface area contributed by atoms with Crippen LogP contribution in [-0.4, -0.2) is 56.1 Å². The van der Waals surface area contributed by atoms with E-state index in [2.05, 4.69) is 18.0 Å². The van der Waals surface area contributed by atoms with Gasteiger partial charge in [-0.1, -0.05) is 30.3 Å². The molecule has 0 spiro atoms. The molecule has 1 unspecified atom stereocenters. The standard InChI is InChI=1S/C20H24N2O3/c1-21-11-12-22(20(23)15-25-17-8-4-3-5-9-17)14-19(21)16-7-6-10-18(13-16)24-2/h3-10,13,19H,11-12,14-15H2,1-2H3. The summed E-state index contributed by atoms with van der Waals surface area (Å²) >= 11 is 0. The van der Waals surface area contributed by atoms with Crippen molar-refractivity contribution in [3.05, 3.63) is 60.2 Å². The average Bonchev–Trinajstić information content (AvgIpc) is 2.67. The topological polar surface area (TPSA) is 42.0 Å². The molecule has 1 aliphatic rings. The lowest BCUT2D eigenvalue weighted by Gasteiger charge is -2.39. The molecule has 0 aromatic heterocycles. The first-order chi connectivity index (χ1) is 12.2. The summed E-state index contributed by atoms with van der Waals surface area (Å²) in [4.78, 5) is 16.7. The minimum absolute atomic E-state index is 0.0184. The Morgan fingerprint density at radius 3 is 2.60 bits per heavy atom. The lowest BCUT2D eigenvalue weighted by molar-refractivity contribution is -0.136. The fourth-order valence-electron chi connectivity index (χ4n) is 3.06. The van der Waals surface area contributed by atoms with Gasteiger partial charge in [0, 0.05) is 19.6 Å². The van der Waals surface area contributed by atoms with Crippen molar-refractivity contribution < 1.29 is 14.3 Å². The number of methoxy groups -OCH3 is 1. The molecule has 1 heterocycles. The van der Waals surface area contributed by atoms with Crippen LogP contribution in [0.15, 0.2) is 54.6 Å². The highest BCUT2D eigenvalue weighted by Crippen LogP contribution is 2.26. The van der Waals surface area contributed by atoms with Crippen LogP contribution >= 0.6 is 0 Å². The smallest absolute Gasteiger partial charge is 0.260 e. The summed E-state index contributed by atoms with van der Waals surface area (Å²) in [6.45, 7) is 2.27. The number of likely N-dealkylation sites (N-methyl/N-ethyl adjacent to an activating group) is 1. The zero-order valence-electron chi connectivity index (χ0n) is 14.7. The predicted molar refractivity (Wildman–Crippen MR) is 96.9 cm³/mol. The first kappa shape index (κ1) is 17.3. The normalized spacial score (nSPS) is 18.0. The Morgan fingerprint density at radius 1 is 1.08 bits per heavy atom. The third kappa shape index (κ3) is 4.31. The van der Waals surface area contributed by atoms with Crippen molar-refractivity contribution in [2.24, 2.45) is 0 Å². The van der Waals surface area contributed by atoms with Crippen molar-refractivity contribution in [3.63, 3.8) is 0 Å². The molecule has 3 rings (SSSR count). The Bertz CT molecular complexity index is 705. The van der Waals surface area contributed by atoms with Gasteiger partial charge in [-0.25, -0.2) is 0 Å². The second-order valence-corrected chi connectivity index (χ2v) is 6.21. The van der Waals surface area contributed by atoms with Gasteiger partial charge in [0.25, 0.3) is 5.91 Å². The monoisotopic (exact) mass is 340 g/mol. The van der Waals surface area contributed by atoms with Crippen LogP contribution in [0.3, 0.4) is 0 Å². The van der Waals surface area contributed by atoms with Crippen molar-refractivity contribution in [3.8, 4) is 11.5 Å². The number of hydrogen-bond donors (Lipinski definition) is 0. The molecule has 5 heteroatoms. The highest BCUT2D eigenvalue weighted by Gasteiger charge is 2.28. The molecule has 1 saturated heterocycles. The summed E-state index contributed by atoms with van der Waals surface area (Å²) in [7, 11) is 3.76. The van der Waals surface area contributed by atoms with E-state index >= 15 is 0 Å². The number of rotatable bonds is 5. The van der Waals surface area contributed by atoms with Crippen LogP contribution in [0.5, 0.6) is 11.5 Å². The highest BCUT2D eigenvalue weighted by atomic mass is 16.5. The molecule has 2 aromatic carbocycles. The number of para-hydroxylation sites is 1. The van der Waals surface area contributed by atoms with Crippen LogP contribution in [0.2, 0.25) is 0 Å². The third-order valence-corrected chi connectivity index (χ3v) is 4.58. The van der Waals surface area contributed by atoms with Gasteiger partial charge in [0.2, 0.25) is 0 Å². The van der Waals surface area contributed by atoms with Gasteiger partial charge in [-0.3, -0.25) is 9.69 Å². The number of amides is 1. The summed E-state index contributed by atoms with van der Waals surface area (Å²) in [5, 5.41) is 0. The summed E-state index contributed by atoms with van der Waals surface area (Å²) in [5.74, 6) is 1.57. The molecule has 25 heavy (non-hydrogen) atoms. The predicted octanol–water partition coefficient (Wildman–Crippen LogP) is 2.59. The van der Waals surface area contributed by atoms with Crippen molar-refractivity contribution >= 4 is 5.91 Å². The number of carbonyl (C=O) groups excluding carboxylic acids is 1. The molecule has 0 bridgehead atoms. The Labute approximate surface area is 148 Å². The second-order valence-electron chi connectivity index (χ2n) is 6.21. The molecule has 132 valence electrons. The fraction of sp³-hybridized carbons (Fsp3) is 0.350. The van der Waals surface area contributed by atoms with E-state index in [-0.39, 0.29) is 18.6 Å². The van der Waals surface area contributed by atoms with Crippen LogP contribution in [0.1, 0.15) is 11.6 Å². The second kappa shape index (κ2) is 8.03. The summed E-state index contributed by atoms with van der Waals surface area (Å²) in [5.41, 5.74) is 1.16. The molecule has 0 radical (unpaired) electrons. The number of hydrogen-bond acceptors (Lipinski definition) is 4. The van der Waals surface area contributed by atoms with E-state index in [1.54, 1.807) is 7.11 Å². The van der Waals surface area contributed by atoms with Crippen molar-refractivity contribution in [1.82, 2.24) is 9.80 Å². The molecule has 0 N–H and O–H groups in total. The molecule has 1 atom stereocenters. The Morgan fingerprint density at radius 2 is 1.84 bits per heavy atom. The van der Waals surface area contributed by atoms with Gasteiger partial charge in [-0.05, 0) is 36.9 Å². The first-order valence-corrected chi connectivity index (χ1v) is 8.47. The third-order valence-electron chi connectivity index (χ3n) is 4.58. The van der Waals surface area contributed by atoms with E-state index < -0.39 is 0 Å². The Balaban J connectivity index is 1.64. The number of nitrogens with zero attached hydrogens (tertiary/aromatic N) is 2. The van der Waals surface area contributed by atoms with Crippen LogP contribution in [0, 0.1) is 0 Å². The van der Waals surface area contributed by atoms with Gasteiger partial charge in [-0.2, -0.15) is 0 Å². The lowest BCUT2D eigenvalue weighted by Crippen LogP contribution is -2.50. The quantitative estimate of drug-likeness (QED) is 0.839. The molecule has 1 amide bonds. The van der Waals surface area contributed by atoms with Crippen LogP contribution < -0.4 is 9.47 Å². The maximum absolute atomic E-state index is 12.5. The minimum Gasteiger partial charge on any atom is -0.497 e. The number of piperazine rings is 1. The average molecular weight is 340 g/mol. The maximum Gasteiger partial charge on any atom is 0.260 e. The largest absolute Gasteiger partial charge is 0.497 e. The van der Waals surface area contributed by atoms with Gasteiger partial charge >= 0.3 is 0 Å². The molecule has 0 saturated carbocycles. The van der Waals surface area contributed by atoms with E-state index in [9.17, 15) is 4.79 Å². The maximum atomic E-state index is 12.5.